The maximum atomic E-state index is 10.5. The van der Waals surface area contributed by atoms with Crippen LogP contribution in [-0.4, -0.2) is 23.9 Å². The molecule has 0 saturated carbocycles. The van der Waals surface area contributed by atoms with E-state index in [-0.39, 0.29) is 11.4 Å². The molecule has 1 aromatic heterocycles. The Hall–Kier alpha value is -1.52. The minimum Gasteiger partial charge on any atom is -0.478 e. The Kier molecular flexibility index (Phi) is 1.80. The number of rotatable bonds is 1. The summed E-state index contributed by atoms with van der Waals surface area (Å²) in [6, 6.07) is 1.49. The highest BCUT2D eigenvalue weighted by molar-refractivity contribution is 6.32. The maximum absolute atomic E-state index is 10.5. The molecule has 4 nitrogen and oxygen atoms in total. The molecule has 0 spiro atoms. The molecule has 5 heteroatoms. The number of aromatic nitrogens is 1. The molecule has 0 aliphatic rings. The zero-order chi connectivity index (χ0) is 8.43. The smallest absolute Gasteiger partial charge is 0.339 e. The summed E-state index contributed by atoms with van der Waals surface area (Å²) < 4.78 is 0. The molecule has 0 aliphatic carbocycles. The fourth-order valence-electron chi connectivity index (χ4n) is 0.751. The number of carboxylic acids is 1. The molecular weight excluding hydrogens is 143 g/mol. The average Bonchev–Trinajstić information content (AvgIpc) is 1.94. The van der Waals surface area contributed by atoms with Crippen LogP contribution in [-0.2, 0) is 0 Å². The Morgan fingerprint density at radius 3 is 2.82 bits per heavy atom. The standard InChI is InChI=1S/C6H7BN2O2/c7-3-1-4(6(10)11)5(8)9-2-3/h1-2H,7H2,(H2,8,9)(H,10,11). The number of nitrogen functional groups attached to an aromatic ring is 1. The van der Waals surface area contributed by atoms with Crippen molar-refractivity contribution in [2.45, 2.75) is 0 Å². The van der Waals surface area contributed by atoms with Crippen molar-refractivity contribution in [3.05, 3.63) is 17.8 Å². The van der Waals surface area contributed by atoms with Gasteiger partial charge in [0.2, 0.25) is 0 Å². The van der Waals surface area contributed by atoms with Crippen molar-refractivity contribution < 1.29 is 9.90 Å². The number of carbonyl (C=O) groups is 1. The largest absolute Gasteiger partial charge is 0.478 e. The lowest BCUT2D eigenvalue weighted by atomic mass is 9.97. The normalized spacial score (nSPS) is 9.45. The van der Waals surface area contributed by atoms with Crippen molar-refractivity contribution in [2.75, 3.05) is 5.73 Å². The number of anilines is 1. The molecule has 0 fully saturated rings. The van der Waals surface area contributed by atoms with Gasteiger partial charge in [-0.2, -0.15) is 0 Å². The van der Waals surface area contributed by atoms with E-state index in [4.69, 9.17) is 10.8 Å². The second-order valence-corrected chi connectivity index (χ2v) is 2.25. The highest BCUT2D eigenvalue weighted by Crippen LogP contribution is 2.03. The molecule has 0 aromatic carbocycles. The summed E-state index contributed by atoms with van der Waals surface area (Å²) >= 11 is 0. The van der Waals surface area contributed by atoms with Gasteiger partial charge in [0.05, 0.1) is 0 Å². The summed E-state index contributed by atoms with van der Waals surface area (Å²) in [4.78, 5) is 14.2. The Labute approximate surface area is 64.5 Å². The third kappa shape index (κ3) is 1.49. The Morgan fingerprint density at radius 1 is 1.73 bits per heavy atom. The fourth-order valence-corrected chi connectivity index (χ4v) is 0.751. The molecule has 0 aliphatic heterocycles. The number of aromatic carboxylic acids is 1. The molecule has 0 saturated heterocycles. The van der Waals surface area contributed by atoms with E-state index in [1.54, 1.807) is 7.85 Å². The van der Waals surface area contributed by atoms with Crippen LogP contribution in [0.25, 0.3) is 0 Å². The van der Waals surface area contributed by atoms with Crippen LogP contribution in [0.2, 0.25) is 0 Å². The minimum absolute atomic E-state index is 0.0584. The summed E-state index contributed by atoms with van der Waals surface area (Å²) in [5, 5.41) is 8.57. The van der Waals surface area contributed by atoms with E-state index < -0.39 is 5.97 Å². The number of pyridine rings is 1. The third-order valence-corrected chi connectivity index (χ3v) is 1.29. The summed E-state index contributed by atoms with van der Waals surface area (Å²) in [5.41, 5.74) is 6.15. The highest BCUT2D eigenvalue weighted by Gasteiger charge is 2.07. The monoisotopic (exact) mass is 150 g/mol. The van der Waals surface area contributed by atoms with Crippen molar-refractivity contribution in [3.63, 3.8) is 0 Å². The first-order chi connectivity index (χ1) is 5.11. The molecule has 3 N–H and O–H groups in total. The van der Waals surface area contributed by atoms with Crippen molar-refractivity contribution in [1.82, 2.24) is 4.98 Å². The van der Waals surface area contributed by atoms with E-state index in [1.165, 1.54) is 12.3 Å². The van der Waals surface area contributed by atoms with Gasteiger partial charge in [0.1, 0.15) is 19.2 Å². The summed E-state index contributed by atoms with van der Waals surface area (Å²) in [7, 11) is 1.76. The van der Waals surface area contributed by atoms with E-state index in [2.05, 4.69) is 4.98 Å². The maximum Gasteiger partial charge on any atom is 0.339 e. The third-order valence-electron chi connectivity index (χ3n) is 1.29. The lowest BCUT2D eigenvalue weighted by Crippen LogP contribution is -2.12. The van der Waals surface area contributed by atoms with Gasteiger partial charge < -0.3 is 10.8 Å². The van der Waals surface area contributed by atoms with Gasteiger partial charge in [0.15, 0.2) is 0 Å². The Balaban J connectivity index is 3.23. The Bertz CT molecular complexity index is 301. The molecule has 0 amide bonds. The van der Waals surface area contributed by atoms with Crippen LogP contribution >= 0.6 is 0 Å². The second-order valence-electron chi connectivity index (χ2n) is 2.25. The molecule has 0 atom stereocenters. The van der Waals surface area contributed by atoms with Gasteiger partial charge >= 0.3 is 5.97 Å². The van der Waals surface area contributed by atoms with E-state index in [0.717, 1.165) is 5.46 Å². The van der Waals surface area contributed by atoms with Gasteiger partial charge in [-0.15, -0.1) is 0 Å². The molecule has 0 radical (unpaired) electrons. The first-order valence-electron chi connectivity index (χ1n) is 3.06. The zero-order valence-corrected chi connectivity index (χ0v) is 6.03. The van der Waals surface area contributed by atoms with Crippen LogP contribution in [0.4, 0.5) is 5.82 Å². The van der Waals surface area contributed by atoms with Crippen molar-refractivity contribution >= 4 is 25.1 Å². The lowest BCUT2D eigenvalue weighted by molar-refractivity contribution is 0.0698. The molecule has 1 heterocycles. The molecular formula is C6H7BN2O2. The molecule has 56 valence electrons. The van der Waals surface area contributed by atoms with E-state index >= 15 is 0 Å². The van der Waals surface area contributed by atoms with Crippen LogP contribution < -0.4 is 11.2 Å². The van der Waals surface area contributed by atoms with Gasteiger partial charge in [-0.3, -0.25) is 0 Å². The average molecular weight is 150 g/mol. The number of nitrogens with two attached hydrogens (primary N) is 1. The van der Waals surface area contributed by atoms with Gasteiger partial charge in [0, 0.05) is 6.20 Å². The highest BCUT2D eigenvalue weighted by atomic mass is 16.4. The number of nitrogens with zero attached hydrogens (tertiary/aromatic N) is 1. The van der Waals surface area contributed by atoms with Gasteiger partial charge in [0.25, 0.3) is 0 Å². The number of hydrogen-bond donors (Lipinski definition) is 2. The fraction of sp³-hybridized carbons (Fsp3) is 0. The number of carboxylic acid groups (broad SMARTS) is 1. The predicted octanol–water partition coefficient (Wildman–Crippen LogP) is -1.38. The quantitative estimate of drug-likeness (QED) is 0.483. The second kappa shape index (κ2) is 2.61. The topological polar surface area (TPSA) is 76.2 Å². The van der Waals surface area contributed by atoms with E-state index in [1.807, 2.05) is 0 Å². The number of hydrogen-bond acceptors (Lipinski definition) is 3. The zero-order valence-electron chi connectivity index (χ0n) is 6.03. The van der Waals surface area contributed by atoms with Gasteiger partial charge in [-0.05, 0) is 6.07 Å². The van der Waals surface area contributed by atoms with Crippen LogP contribution in [0.1, 0.15) is 10.4 Å². The van der Waals surface area contributed by atoms with Crippen LogP contribution in [0.15, 0.2) is 12.3 Å². The van der Waals surface area contributed by atoms with Gasteiger partial charge in [-0.25, -0.2) is 9.78 Å². The molecule has 0 bridgehead atoms. The lowest BCUT2D eigenvalue weighted by Gasteiger charge is -1.99. The SMILES string of the molecule is Bc1cnc(N)c(C(=O)O)c1. The Morgan fingerprint density at radius 2 is 2.36 bits per heavy atom. The summed E-state index contributed by atoms with van der Waals surface area (Å²) in [6.07, 6.45) is 1.53. The molecule has 1 rings (SSSR count). The van der Waals surface area contributed by atoms with Crippen molar-refractivity contribution in [3.8, 4) is 0 Å². The van der Waals surface area contributed by atoms with E-state index in [9.17, 15) is 4.79 Å². The van der Waals surface area contributed by atoms with Crippen molar-refractivity contribution in [1.29, 1.82) is 0 Å². The first kappa shape index (κ1) is 7.59. The van der Waals surface area contributed by atoms with Crippen LogP contribution in [0.5, 0.6) is 0 Å². The first-order valence-corrected chi connectivity index (χ1v) is 3.06. The van der Waals surface area contributed by atoms with Crippen molar-refractivity contribution in [2.24, 2.45) is 0 Å². The molecule has 11 heavy (non-hydrogen) atoms. The molecule has 0 unspecified atom stereocenters. The van der Waals surface area contributed by atoms with Crippen LogP contribution in [0, 0.1) is 0 Å². The summed E-state index contributed by atoms with van der Waals surface area (Å²) in [5.74, 6) is -0.984. The predicted molar refractivity (Wildman–Crippen MR) is 43.8 cm³/mol. The van der Waals surface area contributed by atoms with Gasteiger partial charge in [-0.1, -0.05) is 5.46 Å². The van der Waals surface area contributed by atoms with E-state index in [0.29, 0.717) is 0 Å². The molecule has 1 aromatic rings. The summed E-state index contributed by atoms with van der Waals surface area (Å²) in [6.45, 7) is 0. The van der Waals surface area contributed by atoms with Crippen LogP contribution in [0.3, 0.4) is 0 Å². The minimum atomic E-state index is -1.04.